The first kappa shape index (κ1) is 15.1. The summed E-state index contributed by atoms with van der Waals surface area (Å²) >= 11 is 0. The molecule has 0 amide bonds. The maximum Gasteiger partial charge on any atom is 0.346 e. The van der Waals surface area contributed by atoms with Gasteiger partial charge in [-0.3, -0.25) is 4.57 Å². The molecule has 8 heteroatoms. The fourth-order valence-electron chi connectivity index (χ4n) is 1.08. The first-order valence-electron chi connectivity index (χ1n) is 4.53. The Balaban J connectivity index is 4.85. The smallest absolute Gasteiger partial charge is 0.311 e. The van der Waals surface area contributed by atoms with Crippen molar-refractivity contribution in [1.82, 2.24) is 4.31 Å². The van der Waals surface area contributed by atoms with Crippen LogP contribution in [0.4, 0.5) is 0 Å². The van der Waals surface area contributed by atoms with Gasteiger partial charge in [0.1, 0.15) is 0 Å². The van der Waals surface area contributed by atoms with E-state index in [1.807, 2.05) is 0 Å². The fourth-order valence-corrected chi connectivity index (χ4v) is 5.11. The lowest BCUT2D eigenvalue weighted by Gasteiger charge is -2.21. The van der Waals surface area contributed by atoms with Crippen LogP contribution in [-0.4, -0.2) is 45.5 Å². The lowest BCUT2D eigenvalue weighted by Crippen LogP contribution is -2.32. The Morgan fingerprint density at radius 2 is 1.53 bits per heavy atom. The molecule has 0 unspecified atom stereocenters. The summed E-state index contributed by atoms with van der Waals surface area (Å²) in [6, 6.07) is 0. The van der Waals surface area contributed by atoms with E-state index in [0.29, 0.717) is 13.1 Å². The molecule has 0 saturated heterocycles. The molecule has 0 heterocycles. The molecule has 0 aliphatic carbocycles. The summed E-state index contributed by atoms with van der Waals surface area (Å²) in [6.45, 7) is 4.11. The summed E-state index contributed by atoms with van der Waals surface area (Å²) in [5.74, 6) is 0. The standard InChI is InChI=1S/C7H18NO5PS/c1-5-8(6-2)15(10,11)7-14(9,12-3)13-4/h5-7H2,1-4H3. The van der Waals surface area contributed by atoms with Gasteiger partial charge in [-0.25, -0.2) is 12.7 Å². The van der Waals surface area contributed by atoms with Gasteiger partial charge in [0.2, 0.25) is 10.0 Å². The van der Waals surface area contributed by atoms with E-state index in [1.54, 1.807) is 13.8 Å². The molecule has 0 atom stereocenters. The zero-order chi connectivity index (χ0) is 12.1. The minimum atomic E-state index is -3.58. The van der Waals surface area contributed by atoms with Gasteiger partial charge >= 0.3 is 7.60 Å². The molecule has 0 rings (SSSR count). The van der Waals surface area contributed by atoms with Crippen LogP contribution in [0.15, 0.2) is 0 Å². The van der Waals surface area contributed by atoms with E-state index in [9.17, 15) is 13.0 Å². The van der Waals surface area contributed by atoms with Gasteiger partial charge in [0, 0.05) is 27.3 Å². The second kappa shape index (κ2) is 5.96. The van der Waals surface area contributed by atoms with Crippen LogP contribution >= 0.6 is 7.60 Å². The topological polar surface area (TPSA) is 72.9 Å². The second-order valence-electron chi connectivity index (χ2n) is 2.80. The Morgan fingerprint density at radius 1 is 1.13 bits per heavy atom. The van der Waals surface area contributed by atoms with Crippen LogP contribution in [0.2, 0.25) is 0 Å². The van der Waals surface area contributed by atoms with Crippen LogP contribution in [-0.2, 0) is 23.6 Å². The summed E-state index contributed by atoms with van der Waals surface area (Å²) in [4.78, 5) is 0. The van der Waals surface area contributed by atoms with Crippen LogP contribution in [0.1, 0.15) is 13.8 Å². The van der Waals surface area contributed by atoms with Gasteiger partial charge in [-0.05, 0) is 0 Å². The third kappa shape index (κ3) is 4.20. The zero-order valence-electron chi connectivity index (χ0n) is 9.47. The maximum absolute atomic E-state index is 11.7. The highest BCUT2D eigenvalue weighted by Gasteiger charge is 2.32. The zero-order valence-corrected chi connectivity index (χ0v) is 11.2. The Hall–Kier alpha value is 0.0600. The number of rotatable bonds is 7. The minimum Gasteiger partial charge on any atom is -0.311 e. The van der Waals surface area contributed by atoms with E-state index < -0.39 is 23.1 Å². The highest BCUT2D eigenvalue weighted by Crippen LogP contribution is 2.47. The Bertz CT molecular complexity index is 316. The van der Waals surface area contributed by atoms with E-state index in [1.165, 1.54) is 18.5 Å². The summed E-state index contributed by atoms with van der Waals surface area (Å²) in [7, 11) is -4.76. The molecular weight excluding hydrogens is 241 g/mol. The molecule has 0 N–H and O–H groups in total. The molecule has 15 heavy (non-hydrogen) atoms. The quantitative estimate of drug-likeness (QED) is 0.640. The van der Waals surface area contributed by atoms with Crippen LogP contribution in [0.5, 0.6) is 0 Å². The monoisotopic (exact) mass is 259 g/mol. The Labute approximate surface area is 91.1 Å². The van der Waals surface area contributed by atoms with Gasteiger partial charge in [0.25, 0.3) is 0 Å². The molecule has 92 valence electrons. The molecule has 0 bridgehead atoms. The first-order valence-corrected chi connectivity index (χ1v) is 7.87. The third-order valence-corrected chi connectivity index (χ3v) is 6.96. The highest BCUT2D eigenvalue weighted by molar-refractivity contribution is 7.95. The van der Waals surface area contributed by atoms with E-state index in [4.69, 9.17) is 0 Å². The molecule has 6 nitrogen and oxygen atoms in total. The van der Waals surface area contributed by atoms with Crippen molar-refractivity contribution in [2.45, 2.75) is 13.8 Å². The van der Waals surface area contributed by atoms with Gasteiger partial charge in [0.05, 0.1) is 0 Å². The van der Waals surface area contributed by atoms with Crippen molar-refractivity contribution in [3.05, 3.63) is 0 Å². The summed E-state index contributed by atoms with van der Waals surface area (Å²) < 4.78 is 45.5. The minimum absolute atomic E-state index is 0.340. The Morgan fingerprint density at radius 3 is 1.80 bits per heavy atom. The maximum atomic E-state index is 11.7. The number of hydrogen-bond acceptors (Lipinski definition) is 5. The summed E-state index contributed by atoms with van der Waals surface area (Å²) in [5.41, 5.74) is -0.616. The van der Waals surface area contributed by atoms with Gasteiger partial charge in [-0.2, -0.15) is 0 Å². The van der Waals surface area contributed by atoms with E-state index in [0.717, 1.165) is 0 Å². The largest absolute Gasteiger partial charge is 0.346 e. The molecule has 0 aromatic heterocycles. The van der Waals surface area contributed by atoms with Crippen LogP contribution in [0.3, 0.4) is 0 Å². The van der Waals surface area contributed by atoms with E-state index >= 15 is 0 Å². The predicted molar refractivity (Wildman–Crippen MR) is 58.3 cm³/mol. The van der Waals surface area contributed by atoms with Gasteiger partial charge in [-0.1, -0.05) is 13.8 Å². The molecule has 0 spiro atoms. The van der Waals surface area contributed by atoms with Crippen molar-refractivity contribution in [2.24, 2.45) is 0 Å². The molecular formula is C7H18NO5PS. The van der Waals surface area contributed by atoms with Crippen LogP contribution in [0, 0.1) is 0 Å². The van der Waals surface area contributed by atoms with Crippen molar-refractivity contribution in [2.75, 3.05) is 32.8 Å². The summed E-state index contributed by atoms with van der Waals surface area (Å²) in [5, 5.41) is 0. The average Bonchev–Trinajstić information content (AvgIpc) is 2.18. The van der Waals surface area contributed by atoms with Crippen molar-refractivity contribution in [1.29, 1.82) is 0 Å². The molecule has 0 aromatic rings. The lowest BCUT2D eigenvalue weighted by molar-refractivity contribution is 0.279. The fraction of sp³-hybridized carbons (Fsp3) is 1.00. The first-order chi connectivity index (χ1) is 6.85. The van der Waals surface area contributed by atoms with Gasteiger partial charge in [-0.15, -0.1) is 0 Å². The van der Waals surface area contributed by atoms with Crippen LogP contribution in [0.25, 0.3) is 0 Å². The average molecular weight is 259 g/mol. The number of sulfonamides is 1. The van der Waals surface area contributed by atoms with Gasteiger partial charge < -0.3 is 9.05 Å². The highest BCUT2D eigenvalue weighted by atomic mass is 32.2. The predicted octanol–water partition coefficient (Wildman–Crippen LogP) is 1.10. The lowest BCUT2D eigenvalue weighted by atomic mass is 10.7. The van der Waals surface area contributed by atoms with Gasteiger partial charge in [0.15, 0.2) is 5.49 Å². The Kier molecular flexibility index (Phi) is 5.98. The third-order valence-electron chi connectivity index (χ3n) is 1.98. The molecule has 0 radical (unpaired) electrons. The molecule has 0 aliphatic rings. The van der Waals surface area contributed by atoms with Crippen molar-refractivity contribution < 1.29 is 22.0 Å². The van der Waals surface area contributed by atoms with E-state index in [-0.39, 0.29) is 0 Å². The molecule has 0 saturated carbocycles. The SMILES string of the molecule is CCN(CC)S(=O)(=O)CP(=O)(OC)OC. The molecule has 0 aromatic carbocycles. The van der Waals surface area contributed by atoms with Crippen molar-refractivity contribution in [3.63, 3.8) is 0 Å². The number of hydrogen-bond donors (Lipinski definition) is 0. The van der Waals surface area contributed by atoms with Crippen molar-refractivity contribution in [3.8, 4) is 0 Å². The second-order valence-corrected chi connectivity index (χ2v) is 7.47. The van der Waals surface area contributed by atoms with Crippen LogP contribution < -0.4 is 0 Å². The molecule has 0 fully saturated rings. The van der Waals surface area contributed by atoms with E-state index in [2.05, 4.69) is 9.05 Å². The number of nitrogens with zero attached hydrogens (tertiary/aromatic N) is 1. The normalized spacial score (nSPS) is 13.4. The van der Waals surface area contributed by atoms with Crippen molar-refractivity contribution >= 4 is 17.6 Å². The molecule has 0 aliphatic heterocycles. The summed E-state index contributed by atoms with van der Waals surface area (Å²) in [6.07, 6.45) is 0.